The fourth-order valence-corrected chi connectivity index (χ4v) is 3.18. The minimum Gasteiger partial charge on any atom is -0.504 e. The fourth-order valence-electron chi connectivity index (χ4n) is 3.18. The maximum absolute atomic E-state index is 12.5. The molecule has 2 rings (SSSR count). The molecular weight excluding hydrogens is 350 g/mol. The first-order valence-electron chi connectivity index (χ1n) is 9.05. The van der Waals surface area contributed by atoms with Gasteiger partial charge in [-0.15, -0.1) is 0 Å². The number of hydrogen-bond donors (Lipinski definition) is 4. The van der Waals surface area contributed by atoms with Crippen LogP contribution in [0.4, 0.5) is 4.79 Å². The lowest BCUT2D eigenvalue weighted by molar-refractivity contribution is -0.136. The van der Waals surface area contributed by atoms with Crippen molar-refractivity contribution in [2.45, 2.75) is 52.2 Å². The molecule has 1 aliphatic rings. The predicted molar refractivity (Wildman–Crippen MR) is 100 cm³/mol. The zero-order chi connectivity index (χ0) is 20.4. The number of amides is 2. The lowest BCUT2D eigenvalue weighted by Gasteiger charge is -2.39. The molecule has 1 aliphatic heterocycles. The van der Waals surface area contributed by atoms with Crippen molar-refractivity contribution in [2.75, 3.05) is 13.1 Å². The third kappa shape index (κ3) is 5.03. The Morgan fingerprint density at radius 2 is 1.81 bits per heavy atom. The number of likely N-dealkylation sites (tertiary alicyclic amines) is 1. The molecule has 1 aromatic rings. The lowest BCUT2D eigenvalue weighted by Crippen LogP contribution is -2.54. The van der Waals surface area contributed by atoms with Crippen LogP contribution in [0.15, 0.2) is 18.2 Å². The van der Waals surface area contributed by atoms with Crippen LogP contribution in [0.3, 0.4) is 0 Å². The van der Waals surface area contributed by atoms with E-state index in [-0.39, 0.29) is 35.4 Å². The molecule has 1 heterocycles. The molecule has 1 atom stereocenters. The van der Waals surface area contributed by atoms with Gasteiger partial charge in [0, 0.05) is 25.7 Å². The molecule has 27 heavy (non-hydrogen) atoms. The Hall–Kier alpha value is -2.48. The van der Waals surface area contributed by atoms with Gasteiger partial charge in [-0.25, -0.2) is 4.79 Å². The van der Waals surface area contributed by atoms with Gasteiger partial charge in [0.05, 0.1) is 6.04 Å². The van der Waals surface area contributed by atoms with Gasteiger partial charge in [0.15, 0.2) is 11.5 Å². The Bertz CT molecular complexity index is 693. The number of nitrogens with two attached hydrogens (primary N) is 1. The van der Waals surface area contributed by atoms with E-state index in [9.17, 15) is 24.9 Å². The summed E-state index contributed by atoms with van der Waals surface area (Å²) in [6.07, 6.45) is -0.00322. The average molecular weight is 379 g/mol. The van der Waals surface area contributed by atoms with Crippen molar-refractivity contribution in [3.8, 4) is 11.5 Å². The van der Waals surface area contributed by atoms with E-state index in [0.29, 0.717) is 31.5 Å². The molecule has 1 fully saturated rings. The molecule has 0 bridgehead atoms. The number of benzene rings is 1. The lowest BCUT2D eigenvalue weighted by atomic mass is 9.86. The normalized spacial score (nSPS) is 16.8. The second kappa shape index (κ2) is 8.04. The number of rotatable bonds is 4. The van der Waals surface area contributed by atoms with Crippen molar-refractivity contribution in [3.05, 3.63) is 23.8 Å². The van der Waals surface area contributed by atoms with E-state index in [0.717, 1.165) is 0 Å². The Kier molecular flexibility index (Phi) is 6.20. The standard InChI is InChI=1S/C19H29N3O5/c1-19(2,3)16(20)17(25)21-8-6-13(7-9-21)22(18(26)27)11-12-4-5-14(23)15(24)10-12/h4-5,10,13,16,23-24H,6-9,11,20H2,1-3H3,(H,26,27)/t16-/m1/s1. The summed E-state index contributed by atoms with van der Waals surface area (Å²) in [6, 6.07) is 3.44. The number of piperidine rings is 1. The molecule has 1 saturated heterocycles. The van der Waals surface area contributed by atoms with Crippen molar-refractivity contribution in [3.63, 3.8) is 0 Å². The van der Waals surface area contributed by atoms with Crippen LogP contribution in [0.2, 0.25) is 0 Å². The number of phenols is 2. The third-order valence-electron chi connectivity index (χ3n) is 5.05. The Morgan fingerprint density at radius 3 is 2.30 bits per heavy atom. The van der Waals surface area contributed by atoms with Gasteiger partial charge in [-0.2, -0.15) is 0 Å². The average Bonchev–Trinajstić information content (AvgIpc) is 2.60. The minimum atomic E-state index is -1.06. The van der Waals surface area contributed by atoms with Gasteiger partial charge in [0.25, 0.3) is 0 Å². The zero-order valence-electron chi connectivity index (χ0n) is 16.1. The van der Waals surface area contributed by atoms with Crippen molar-refractivity contribution < 1.29 is 24.9 Å². The van der Waals surface area contributed by atoms with Crippen LogP contribution in [0.1, 0.15) is 39.2 Å². The summed E-state index contributed by atoms with van der Waals surface area (Å²) in [5.74, 6) is -0.636. The van der Waals surface area contributed by atoms with Crippen LogP contribution in [0, 0.1) is 5.41 Å². The second-order valence-electron chi connectivity index (χ2n) is 8.13. The SMILES string of the molecule is CC(C)(C)[C@H](N)C(=O)N1CCC(N(Cc2ccc(O)c(O)c2)C(=O)O)CC1. The monoisotopic (exact) mass is 379 g/mol. The van der Waals surface area contributed by atoms with E-state index >= 15 is 0 Å². The number of aromatic hydroxyl groups is 2. The van der Waals surface area contributed by atoms with Gasteiger partial charge in [0.2, 0.25) is 5.91 Å². The first-order valence-corrected chi connectivity index (χ1v) is 9.05. The first kappa shape index (κ1) is 20.8. The summed E-state index contributed by atoms with van der Waals surface area (Å²) in [7, 11) is 0. The van der Waals surface area contributed by atoms with Crippen LogP contribution in [-0.2, 0) is 11.3 Å². The smallest absolute Gasteiger partial charge is 0.407 e. The Balaban J connectivity index is 2.01. The molecule has 0 saturated carbocycles. The number of carbonyl (C=O) groups excluding carboxylic acids is 1. The van der Waals surface area contributed by atoms with E-state index in [2.05, 4.69) is 0 Å². The molecule has 0 radical (unpaired) electrons. The molecular formula is C19H29N3O5. The Labute approximate surface area is 159 Å². The Morgan fingerprint density at radius 1 is 1.22 bits per heavy atom. The zero-order valence-corrected chi connectivity index (χ0v) is 16.1. The van der Waals surface area contributed by atoms with Gasteiger partial charge >= 0.3 is 6.09 Å². The van der Waals surface area contributed by atoms with Crippen LogP contribution in [-0.4, -0.2) is 62.3 Å². The van der Waals surface area contributed by atoms with Gasteiger partial charge in [0.1, 0.15) is 0 Å². The minimum absolute atomic E-state index is 0.100. The third-order valence-corrected chi connectivity index (χ3v) is 5.05. The van der Waals surface area contributed by atoms with Crippen LogP contribution < -0.4 is 5.73 Å². The summed E-state index contributed by atoms with van der Waals surface area (Å²) >= 11 is 0. The van der Waals surface area contributed by atoms with E-state index in [1.807, 2.05) is 20.8 Å². The van der Waals surface area contributed by atoms with E-state index in [1.165, 1.54) is 17.0 Å². The maximum Gasteiger partial charge on any atom is 0.407 e. The molecule has 0 aliphatic carbocycles. The van der Waals surface area contributed by atoms with Crippen molar-refractivity contribution in [1.29, 1.82) is 0 Å². The highest BCUT2D eigenvalue weighted by atomic mass is 16.4. The molecule has 1 aromatic carbocycles. The van der Waals surface area contributed by atoms with E-state index in [1.54, 1.807) is 11.0 Å². The second-order valence-corrected chi connectivity index (χ2v) is 8.13. The van der Waals surface area contributed by atoms with E-state index in [4.69, 9.17) is 5.73 Å². The summed E-state index contributed by atoms with van der Waals surface area (Å²) in [5.41, 5.74) is 6.31. The number of phenolic OH excluding ortho intramolecular Hbond substituents is 2. The number of hydrogen-bond acceptors (Lipinski definition) is 5. The topological polar surface area (TPSA) is 127 Å². The van der Waals surface area contributed by atoms with Crippen LogP contribution in [0.5, 0.6) is 11.5 Å². The van der Waals surface area contributed by atoms with Crippen LogP contribution in [0.25, 0.3) is 0 Å². The van der Waals surface area contributed by atoms with E-state index < -0.39 is 12.1 Å². The largest absolute Gasteiger partial charge is 0.504 e. The first-order chi connectivity index (χ1) is 12.5. The fraction of sp³-hybridized carbons (Fsp3) is 0.579. The number of nitrogens with zero attached hydrogens (tertiary/aromatic N) is 2. The van der Waals surface area contributed by atoms with Crippen LogP contribution >= 0.6 is 0 Å². The van der Waals surface area contributed by atoms with Crippen molar-refractivity contribution in [2.24, 2.45) is 11.1 Å². The summed E-state index contributed by atoms with van der Waals surface area (Å²) in [5, 5.41) is 28.6. The summed E-state index contributed by atoms with van der Waals surface area (Å²) in [6.45, 7) is 6.77. The van der Waals surface area contributed by atoms with Gasteiger partial charge in [-0.05, 0) is 36.0 Å². The quantitative estimate of drug-likeness (QED) is 0.592. The number of carbonyl (C=O) groups is 2. The maximum atomic E-state index is 12.5. The molecule has 0 spiro atoms. The molecule has 0 aromatic heterocycles. The van der Waals surface area contributed by atoms with Gasteiger partial charge in [-0.3, -0.25) is 4.79 Å². The van der Waals surface area contributed by atoms with Crippen molar-refractivity contribution in [1.82, 2.24) is 9.80 Å². The molecule has 0 unspecified atom stereocenters. The number of carboxylic acid groups (broad SMARTS) is 1. The molecule has 150 valence electrons. The predicted octanol–water partition coefficient (Wildman–Crippen LogP) is 1.94. The molecule has 8 heteroatoms. The molecule has 2 amide bonds. The summed E-state index contributed by atoms with van der Waals surface area (Å²) in [4.78, 5) is 27.3. The molecule has 5 N–H and O–H groups in total. The van der Waals surface area contributed by atoms with Crippen molar-refractivity contribution >= 4 is 12.0 Å². The molecule has 8 nitrogen and oxygen atoms in total. The summed E-state index contributed by atoms with van der Waals surface area (Å²) < 4.78 is 0. The van der Waals surface area contributed by atoms with Gasteiger partial charge in [-0.1, -0.05) is 26.8 Å². The highest BCUT2D eigenvalue weighted by Crippen LogP contribution is 2.27. The highest BCUT2D eigenvalue weighted by Gasteiger charge is 2.35. The highest BCUT2D eigenvalue weighted by molar-refractivity contribution is 5.82. The van der Waals surface area contributed by atoms with Gasteiger partial charge < -0.3 is 30.9 Å².